The third-order valence-corrected chi connectivity index (χ3v) is 6.67. The number of benzene rings is 2. The molecule has 0 spiro atoms. The molecule has 0 aromatic heterocycles. The second-order valence-corrected chi connectivity index (χ2v) is 9.14. The van der Waals surface area contributed by atoms with Gasteiger partial charge in [0.05, 0.1) is 26.5 Å². The number of alkyl halides is 3. The molecule has 1 N–H and O–H groups in total. The highest BCUT2D eigenvalue weighted by Gasteiger charge is 2.42. The number of carbonyl (C=O) groups is 1. The number of halogens is 7. The van der Waals surface area contributed by atoms with E-state index in [0.717, 1.165) is 18.2 Å². The van der Waals surface area contributed by atoms with E-state index in [-0.39, 0.29) is 26.5 Å². The SMILES string of the molecule is C#CC1(NC(=O)c2ccc(/C=C/C(c3cc(Cl)c(Cl)c(Cl)c3)C(F)(F)F)cc2Br)CC1. The minimum atomic E-state index is -4.58. The van der Waals surface area contributed by atoms with Gasteiger partial charge in [0.25, 0.3) is 5.91 Å². The van der Waals surface area contributed by atoms with Gasteiger partial charge in [-0.05, 0) is 64.2 Å². The van der Waals surface area contributed by atoms with Gasteiger partial charge in [-0.25, -0.2) is 0 Å². The van der Waals surface area contributed by atoms with Crippen molar-refractivity contribution in [2.24, 2.45) is 0 Å². The lowest BCUT2D eigenvalue weighted by atomic mass is 9.97. The summed E-state index contributed by atoms with van der Waals surface area (Å²) in [5.74, 6) is 0.263. The van der Waals surface area contributed by atoms with Gasteiger partial charge in [-0.3, -0.25) is 4.79 Å². The molecule has 2 nitrogen and oxygen atoms in total. The van der Waals surface area contributed by atoms with Crippen LogP contribution in [0.2, 0.25) is 15.1 Å². The molecule has 1 aliphatic rings. The topological polar surface area (TPSA) is 29.1 Å². The van der Waals surface area contributed by atoms with Gasteiger partial charge in [-0.1, -0.05) is 58.9 Å². The Bertz CT molecular complexity index is 1080. The first-order chi connectivity index (χ1) is 14.5. The molecule has 1 unspecified atom stereocenters. The Kier molecular flexibility index (Phi) is 7.02. The predicted molar refractivity (Wildman–Crippen MR) is 122 cm³/mol. The van der Waals surface area contributed by atoms with E-state index in [9.17, 15) is 18.0 Å². The van der Waals surface area contributed by atoms with E-state index in [2.05, 4.69) is 27.2 Å². The molecular formula is C22H14BrCl3F3NO. The molecule has 31 heavy (non-hydrogen) atoms. The van der Waals surface area contributed by atoms with Crippen LogP contribution in [0.15, 0.2) is 40.9 Å². The summed E-state index contributed by atoms with van der Waals surface area (Å²) >= 11 is 20.9. The van der Waals surface area contributed by atoms with Crippen molar-refractivity contribution in [3.63, 3.8) is 0 Å². The normalized spacial score (nSPS) is 16.1. The molecule has 0 heterocycles. The van der Waals surface area contributed by atoms with Crippen LogP contribution in [0, 0.1) is 12.3 Å². The Morgan fingerprint density at radius 2 is 1.81 bits per heavy atom. The number of hydrogen-bond donors (Lipinski definition) is 1. The standard InChI is InChI=1S/C22H14BrCl3F3NO/c1-2-21(7-8-21)30-20(31)14-5-3-12(9-16(14)23)4-6-15(22(27,28)29)13-10-17(24)19(26)18(25)11-13/h1,3-6,9-11,15H,7-8H2,(H,30,31)/b6-4+. The van der Waals surface area contributed by atoms with Crippen LogP contribution >= 0.6 is 50.7 Å². The van der Waals surface area contributed by atoms with Crippen LogP contribution < -0.4 is 5.32 Å². The summed E-state index contributed by atoms with van der Waals surface area (Å²) < 4.78 is 41.4. The molecule has 162 valence electrons. The molecule has 1 aliphatic carbocycles. The highest BCUT2D eigenvalue weighted by atomic mass is 79.9. The maximum atomic E-state index is 13.7. The molecule has 1 amide bonds. The molecular weight excluding hydrogens is 538 g/mol. The van der Waals surface area contributed by atoms with E-state index in [1.165, 1.54) is 12.1 Å². The second kappa shape index (κ2) is 9.07. The van der Waals surface area contributed by atoms with Crippen LogP contribution in [0.5, 0.6) is 0 Å². The third kappa shape index (κ3) is 5.59. The van der Waals surface area contributed by atoms with Crippen molar-refractivity contribution in [1.29, 1.82) is 0 Å². The van der Waals surface area contributed by atoms with Gasteiger partial charge in [-0.15, -0.1) is 6.42 Å². The largest absolute Gasteiger partial charge is 0.399 e. The molecule has 1 saturated carbocycles. The van der Waals surface area contributed by atoms with E-state index < -0.39 is 17.6 Å². The highest BCUT2D eigenvalue weighted by molar-refractivity contribution is 9.10. The Labute approximate surface area is 200 Å². The molecule has 2 aromatic rings. The monoisotopic (exact) mass is 549 g/mol. The Balaban J connectivity index is 1.85. The summed E-state index contributed by atoms with van der Waals surface area (Å²) in [4.78, 5) is 12.4. The summed E-state index contributed by atoms with van der Waals surface area (Å²) in [6, 6.07) is 6.89. The summed E-state index contributed by atoms with van der Waals surface area (Å²) in [6.45, 7) is 0. The average molecular weight is 552 g/mol. The van der Waals surface area contributed by atoms with Gasteiger partial charge in [0, 0.05) is 4.47 Å². The van der Waals surface area contributed by atoms with Crippen LogP contribution in [0.3, 0.4) is 0 Å². The molecule has 0 aliphatic heterocycles. The second-order valence-electron chi connectivity index (χ2n) is 7.10. The maximum Gasteiger partial charge on any atom is 0.399 e. The highest BCUT2D eigenvalue weighted by Crippen LogP contribution is 2.41. The van der Waals surface area contributed by atoms with Gasteiger partial charge in [-0.2, -0.15) is 13.2 Å². The molecule has 1 atom stereocenters. The Morgan fingerprint density at radius 3 is 2.29 bits per heavy atom. The molecule has 0 bridgehead atoms. The van der Waals surface area contributed by atoms with Gasteiger partial charge < -0.3 is 5.32 Å². The molecule has 2 aromatic carbocycles. The van der Waals surface area contributed by atoms with Crippen LogP contribution in [-0.2, 0) is 0 Å². The number of carbonyl (C=O) groups excluding carboxylic acids is 1. The van der Waals surface area contributed by atoms with E-state index in [4.69, 9.17) is 41.2 Å². The lowest BCUT2D eigenvalue weighted by Gasteiger charge is -2.18. The number of hydrogen-bond acceptors (Lipinski definition) is 1. The summed E-state index contributed by atoms with van der Waals surface area (Å²) in [6.07, 6.45) is 4.58. The van der Waals surface area contributed by atoms with Crippen molar-refractivity contribution < 1.29 is 18.0 Å². The Morgan fingerprint density at radius 1 is 1.19 bits per heavy atom. The van der Waals surface area contributed by atoms with Gasteiger partial charge in [0.1, 0.15) is 5.54 Å². The number of rotatable bonds is 5. The van der Waals surface area contributed by atoms with Crippen molar-refractivity contribution in [2.45, 2.75) is 30.5 Å². The van der Waals surface area contributed by atoms with E-state index in [0.29, 0.717) is 28.4 Å². The molecule has 1 fully saturated rings. The quantitative estimate of drug-likeness (QED) is 0.300. The van der Waals surface area contributed by atoms with Crippen LogP contribution in [0.4, 0.5) is 13.2 Å². The zero-order valence-corrected chi connectivity index (χ0v) is 19.5. The molecule has 3 rings (SSSR count). The maximum absolute atomic E-state index is 13.7. The number of terminal acetylenes is 1. The summed E-state index contributed by atoms with van der Waals surface area (Å²) in [5.41, 5.74) is 0.0577. The van der Waals surface area contributed by atoms with E-state index in [1.807, 2.05) is 0 Å². The predicted octanol–water partition coefficient (Wildman–Crippen LogP) is 7.66. The fraction of sp³-hybridized carbons (Fsp3) is 0.227. The van der Waals surface area contributed by atoms with Gasteiger partial charge in [0.2, 0.25) is 0 Å². The van der Waals surface area contributed by atoms with E-state index >= 15 is 0 Å². The Hall–Kier alpha value is -1.65. The lowest BCUT2D eigenvalue weighted by Crippen LogP contribution is -2.35. The zero-order valence-electron chi connectivity index (χ0n) is 15.7. The minimum Gasteiger partial charge on any atom is -0.336 e. The summed E-state index contributed by atoms with van der Waals surface area (Å²) in [5, 5.41) is 2.66. The fourth-order valence-electron chi connectivity index (χ4n) is 2.91. The first kappa shape index (κ1) is 24.0. The zero-order chi connectivity index (χ0) is 23.0. The van der Waals surface area contributed by atoms with Gasteiger partial charge in [0.15, 0.2) is 0 Å². The van der Waals surface area contributed by atoms with Crippen molar-refractivity contribution in [2.75, 3.05) is 0 Å². The van der Waals surface area contributed by atoms with Crippen molar-refractivity contribution in [3.8, 4) is 12.3 Å². The average Bonchev–Trinajstić information content (AvgIpc) is 3.45. The number of amides is 1. The van der Waals surface area contributed by atoms with Crippen LogP contribution in [0.1, 0.15) is 40.2 Å². The number of allylic oxidation sites excluding steroid dienone is 1. The lowest BCUT2D eigenvalue weighted by molar-refractivity contribution is -0.139. The third-order valence-electron chi connectivity index (χ3n) is 4.82. The first-order valence-corrected chi connectivity index (χ1v) is 10.9. The minimum absolute atomic E-state index is 0.00686. The van der Waals surface area contributed by atoms with Crippen LogP contribution in [0.25, 0.3) is 6.08 Å². The van der Waals surface area contributed by atoms with E-state index in [1.54, 1.807) is 12.1 Å². The molecule has 9 heteroatoms. The van der Waals surface area contributed by atoms with Crippen molar-refractivity contribution >= 4 is 62.7 Å². The van der Waals surface area contributed by atoms with Gasteiger partial charge >= 0.3 is 6.18 Å². The molecule has 0 saturated heterocycles. The van der Waals surface area contributed by atoms with Crippen LogP contribution in [-0.4, -0.2) is 17.6 Å². The van der Waals surface area contributed by atoms with Crippen molar-refractivity contribution in [1.82, 2.24) is 5.32 Å². The first-order valence-electron chi connectivity index (χ1n) is 8.95. The molecule has 0 radical (unpaired) electrons. The fourth-order valence-corrected chi connectivity index (χ4v) is 4.10. The van der Waals surface area contributed by atoms with Crippen molar-refractivity contribution in [3.05, 3.63) is 72.6 Å². The summed E-state index contributed by atoms with van der Waals surface area (Å²) in [7, 11) is 0. The smallest absolute Gasteiger partial charge is 0.336 e. The number of nitrogens with one attached hydrogen (secondary N) is 1.